The average Bonchev–Trinajstić information content (AvgIpc) is 2.94. The molecule has 0 atom stereocenters. The number of rotatable bonds is 5. The highest BCUT2D eigenvalue weighted by atomic mass is 32.1. The van der Waals surface area contributed by atoms with Crippen molar-refractivity contribution in [3.63, 3.8) is 0 Å². The molecule has 1 heterocycles. The largest absolute Gasteiger partial charge is 0.493 e. The number of ether oxygens (including phenoxy) is 2. The lowest BCUT2D eigenvalue weighted by Gasteiger charge is -2.11. The zero-order valence-electron chi connectivity index (χ0n) is 12.0. The first-order valence-electron chi connectivity index (χ1n) is 6.24. The molecule has 112 valence electrons. The fourth-order valence-corrected chi connectivity index (χ4v) is 2.46. The smallest absolute Gasteiger partial charge is 0.225 e. The van der Waals surface area contributed by atoms with E-state index in [1.807, 2.05) is 0 Å². The maximum atomic E-state index is 11.3. The van der Waals surface area contributed by atoms with Crippen LogP contribution in [0.15, 0.2) is 12.1 Å². The number of nitrogen functional groups attached to an aromatic ring is 1. The number of aromatic nitrogens is 2. The maximum Gasteiger partial charge on any atom is 0.225 e. The predicted octanol–water partition coefficient (Wildman–Crippen LogP) is 2.15. The lowest BCUT2D eigenvalue weighted by Crippen LogP contribution is -2.08. The van der Waals surface area contributed by atoms with Crippen LogP contribution >= 0.6 is 11.3 Å². The highest BCUT2D eigenvalue weighted by molar-refractivity contribution is 7.18. The predicted molar refractivity (Wildman–Crippen MR) is 81.8 cm³/mol. The summed E-state index contributed by atoms with van der Waals surface area (Å²) in [5, 5.41) is 11.7. The molecule has 21 heavy (non-hydrogen) atoms. The summed E-state index contributed by atoms with van der Waals surface area (Å²) in [5.74, 6) is 0.886. The second kappa shape index (κ2) is 6.40. The molecule has 0 saturated carbocycles. The standard InChI is InChI=1S/C13H16N4O3S/c1-4-10(18)15-13-17-16-12(21-13)7-5-8(14)11(20-3)9(6-7)19-2/h5-6H,4,14H2,1-3H3,(H,15,17,18). The van der Waals surface area contributed by atoms with Crippen molar-refractivity contribution in [3.05, 3.63) is 12.1 Å². The molecule has 0 aliphatic carbocycles. The van der Waals surface area contributed by atoms with Crippen LogP contribution in [0.1, 0.15) is 13.3 Å². The van der Waals surface area contributed by atoms with Gasteiger partial charge in [-0.1, -0.05) is 18.3 Å². The van der Waals surface area contributed by atoms with E-state index < -0.39 is 0 Å². The molecule has 0 spiro atoms. The molecule has 2 aromatic rings. The van der Waals surface area contributed by atoms with Crippen molar-refractivity contribution >= 4 is 28.1 Å². The molecule has 2 rings (SSSR count). The molecule has 0 aliphatic heterocycles. The first-order chi connectivity index (χ1) is 10.1. The van der Waals surface area contributed by atoms with E-state index in [0.29, 0.717) is 33.7 Å². The SMILES string of the molecule is CCC(=O)Nc1nnc(-c2cc(N)c(OC)c(OC)c2)s1. The first kappa shape index (κ1) is 15.0. The van der Waals surface area contributed by atoms with E-state index in [0.717, 1.165) is 5.56 Å². The van der Waals surface area contributed by atoms with E-state index in [1.54, 1.807) is 19.1 Å². The van der Waals surface area contributed by atoms with Gasteiger partial charge in [0.2, 0.25) is 11.0 Å². The van der Waals surface area contributed by atoms with Crippen LogP contribution in [-0.4, -0.2) is 30.3 Å². The summed E-state index contributed by atoms with van der Waals surface area (Å²) in [6.45, 7) is 1.77. The van der Waals surface area contributed by atoms with Crippen molar-refractivity contribution < 1.29 is 14.3 Å². The maximum absolute atomic E-state index is 11.3. The van der Waals surface area contributed by atoms with Crippen molar-refractivity contribution in [2.45, 2.75) is 13.3 Å². The Kier molecular flexibility index (Phi) is 4.59. The summed E-state index contributed by atoms with van der Waals surface area (Å²) in [7, 11) is 3.06. The number of benzene rings is 1. The molecule has 3 N–H and O–H groups in total. The van der Waals surface area contributed by atoms with E-state index in [2.05, 4.69) is 15.5 Å². The number of anilines is 2. The number of hydrogen-bond acceptors (Lipinski definition) is 7. The van der Waals surface area contributed by atoms with Gasteiger partial charge in [-0.15, -0.1) is 10.2 Å². The van der Waals surface area contributed by atoms with Gasteiger partial charge in [0.05, 0.1) is 19.9 Å². The Morgan fingerprint density at radius 2 is 2.10 bits per heavy atom. The molecule has 0 unspecified atom stereocenters. The highest BCUT2D eigenvalue weighted by Crippen LogP contribution is 2.39. The Balaban J connectivity index is 2.34. The summed E-state index contributed by atoms with van der Waals surface area (Å²) < 4.78 is 10.4. The Morgan fingerprint density at radius 3 is 2.71 bits per heavy atom. The number of nitrogens with two attached hydrogens (primary N) is 1. The van der Waals surface area contributed by atoms with E-state index >= 15 is 0 Å². The monoisotopic (exact) mass is 308 g/mol. The molecule has 1 aromatic heterocycles. The summed E-state index contributed by atoms with van der Waals surface area (Å²) in [6.07, 6.45) is 0.387. The van der Waals surface area contributed by atoms with E-state index in [1.165, 1.54) is 25.6 Å². The Morgan fingerprint density at radius 1 is 1.33 bits per heavy atom. The third-order valence-electron chi connectivity index (χ3n) is 2.75. The normalized spacial score (nSPS) is 10.2. The molecule has 0 saturated heterocycles. The van der Waals surface area contributed by atoms with Gasteiger partial charge in [-0.05, 0) is 12.1 Å². The molecule has 0 radical (unpaired) electrons. The number of carbonyl (C=O) groups excluding carboxylic acids is 1. The number of hydrogen-bond donors (Lipinski definition) is 2. The van der Waals surface area contributed by atoms with Crippen molar-refractivity contribution in [2.24, 2.45) is 0 Å². The molecule has 8 heteroatoms. The Hall–Kier alpha value is -2.35. The molecule has 0 aliphatic rings. The van der Waals surface area contributed by atoms with Crippen LogP contribution < -0.4 is 20.5 Å². The quantitative estimate of drug-likeness (QED) is 0.821. The Labute approximate surface area is 126 Å². The van der Waals surface area contributed by atoms with E-state index in [4.69, 9.17) is 15.2 Å². The van der Waals surface area contributed by atoms with Crippen LogP contribution in [0.5, 0.6) is 11.5 Å². The number of methoxy groups -OCH3 is 2. The second-order valence-corrected chi connectivity index (χ2v) is 5.09. The minimum atomic E-state index is -0.107. The van der Waals surface area contributed by atoms with Gasteiger partial charge in [0.15, 0.2) is 11.5 Å². The zero-order chi connectivity index (χ0) is 15.4. The molecule has 7 nitrogen and oxygen atoms in total. The topological polar surface area (TPSA) is 99.4 Å². The van der Waals surface area contributed by atoms with Crippen LogP contribution in [0, 0.1) is 0 Å². The van der Waals surface area contributed by atoms with E-state index in [9.17, 15) is 4.79 Å². The van der Waals surface area contributed by atoms with Crippen LogP contribution in [0.2, 0.25) is 0 Å². The number of nitrogens with zero attached hydrogens (tertiary/aromatic N) is 2. The summed E-state index contributed by atoms with van der Waals surface area (Å²) in [5.41, 5.74) is 7.13. The molecular weight excluding hydrogens is 292 g/mol. The van der Waals surface area contributed by atoms with Gasteiger partial charge in [0.25, 0.3) is 0 Å². The minimum absolute atomic E-state index is 0.107. The number of nitrogens with one attached hydrogen (secondary N) is 1. The summed E-state index contributed by atoms with van der Waals surface area (Å²) in [6, 6.07) is 3.49. The van der Waals surface area contributed by atoms with Crippen LogP contribution in [0.3, 0.4) is 0 Å². The zero-order valence-corrected chi connectivity index (χ0v) is 12.8. The number of amides is 1. The van der Waals surface area contributed by atoms with Crippen molar-refractivity contribution in [2.75, 3.05) is 25.3 Å². The molecule has 0 bridgehead atoms. The molecule has 1 aromatic carbocycles. The van der Waals surface area contributed by atoms with Crippen LogP contribution in [-0.2, 0) is 4.79 Å². The molecule has 0 fully saturated rings. The average molecular weight is 308 g/mol. The highest BCUT2D eigenvalue weighted by Gasteiger charge is 2.14. The van der Waals surface area contributed by atoms with Gasteiger partial charge in [-0.25, -0.2) is 0 Å². The van der Waals surface area contributed by atoms with Crippen molar-refractivity contribution in [1.29, 1.82) is 0 Å². The van der Waals surface area contributed by atoms with Gasteiger partial charge in [-0.2, -0.15) is 0 Å². The lowest BCUT2D eigenvalue weighted by atomic mass is 10.2. The van der Waals surface area contributed by atoms with E-state index in [-0.39, 0.29) is 5.91 Å². The Bertz CT molecular complexity index is 657. The number of carbonyl (C=O) groups is 1. The van der Waals surface area contributed by atoms with Crippen LogP contribution in [0.25, 0.3) is 10.6 Å². The van der Waals surface area contributed by atoms with Gasteiger partial charge in [0.1, 0.15) is 5.01 Å². The van der Waals surface area contributed by atoms with Gasteiger partial charge < -0.3 is 20.5 Å². The summed E-state index contributed by atoms with van der Waals surface area (Å²) >= 11 is 1.26. The van der Waals surface area contributed by atoms with Crippen LogP contribution in [0.4, 0.5) is 10.8 Å². The molecule has 1 amide bonds. The second-order valence-electron chi connectivity index (χ2n) is 4.12. The van der Waals surface area contributed by atoms with Gasteiger partial charge in [0, 0.05) is 12.0 Å². The minimum Gasteiger partial charge on any atom is -0.493 e. The van der Waals surface area contributed by atoms with Crippen molar-refractivity contribution in [1.82, 2.24) is 10.2 Å². The third-order valence-corrected chi connectivity index (χ3v) is 3.63. The summed E-state index contributed by atoms with van der Waals surface area (Å²) in [4.78, 5) is 11.3. The van der Waals surface area contributed by atoms with Gasteiger partial charge in [-0.3, -0.25) is 4.79 Å². The third kappa shape index (κ3) is 3.22. The van der Waals surface area contributed by atoms with Crippen molar-refractivity contribution in [3.8, 4) is 22.1 Å². The fourth-order valence-electron chi connectivity index (χ4n) is 1.72. The first-order valence-corrected chi connectivity index (χ1v) is 7.05. The lowest BCUT2D eigenvalue weighted by molar-refractivity contribution is -0.115. The molecular formula is C13H16N4O3S. The van der Waals surface area contributed by atoms with Gasteiger partial charge >= 0.3 is 0 Å². The fraction of sp³-hybridized carbons (Fsp3) is 0.308.